The lowest BCUT2D eigenvalue weighted by molar-refractivity contribution is -0.146. The van der Waals surface area contributed by atoms with Crippen molar-refractivity contribution in [2.75, 3.05) is 23.3 Å². The molecule has 0 atom stereocenters. The first-order valence-electron chi connectivity index (χ1n) is 11.3. The van der Waals surface area contributed by atoms with E-state index in [1.165, 1.54) is 6.07 Å². The minimum absolute atomic E-state index is 0.00770. The third-order valence-corrected chi connectivity index (χ3v) is 6.12. The molecule has 1 fully saturated rings. The lowest BCUT2D eigenvalue weighted by Gasteiger charge is -2.32. The van der Waals surface area contributed by atoms with Gasteiger partial charge in [0.15, 0.2) is 11.4 Å². The number of benzene rings is 2. The highest BCUT2D eigenvalue weighted by Gasteiger charge is 2.38. The first kappa shape index (κ1) is 23.5. The van der Waals surface area contributed by atoms with Crippen molar-refractivity contribution in [3.05, 3.63) is 83.7 Å². The highest BCUT2D eigenvalue weighted by Crippen LogP contribution is 2.29. The molecule has 11 heteroatoms. The second-order valence-electron chi connectivity index (χ2n) is 8.51. The molecule has 1 aliphatic heterocycles. The van der Waals surface area contributed by atoms with Gasteiger partial charge in [0.2, 0.25) is 5.91 Å². The highest BCUT2D eigenvalue weighted by atomic mass is 19.4. The number of hydrogen-bond acceptors (Lipinski definition) is 6. The number of halogens is 3. The fourth-order valence-corrected chi connectivity index (χ4v) is 4.23. The number of piperidine rings is 1. The molecule has 2 aromatic carbocycles. The van der Waals surface area contributed by atoms with E-state index in [2.05, 4.69) is 20.6 Å². The standard InChI is InChI=1S/C25H21F3N6O2/c26-25(27,28)24-31-30-20-9-10-21(32-34(20)24)33-13-11-17(12-14-33)23(36)29-19-8-4-7-18(15-19)22(35)16-5-2-1-3-6-16/h1-10,15,17H,11-14H2,(H,29,36). The Morgan fingerprint density at radius 1 is 0.889 bits per heavy atom. The van der Waals surface area contributed by atoms with Gasteiger partial charge >= 0.3 is 6.18 Å². The molecule has 0 unspecified atom stereocenters. The summed E-state index contributed by atoms with van der Waals surface area (Å²) in [7, 11) is 0. The SMILES string of the molecule is O=C(c1ccccc1)c1cccc(NC(=O)C2CCN(c3ccc4nnc(C(F)(F)F)n4n3)CC2)c1. The number of amides is 1. The zero-order valence-electron chi connectivity index (χ0n) is 18.9. The molecule has 1 amide bonds. The van der Waals surface area contributed by atoms with Gasteiger partial charge in [-0.25, -0.2) is 0 Å². The molecule has 3 heterocycles. The third kappa shape index (κ3) is 4.77. The van der Waals surface area contributed by atoms with Crippen molar-refractivity contribution in [3.63, 3.8) is 0 Å². The molecule has 1 aliphatic rings. The van der Waals surface area contributed by atoms with Gasteiger partial charge in [-0.3, -0.25) is 9.59 Å². The lowest BCUT2D eigenvalue weighted by atomic mass is 9.95. The third-order valence-electron chi connectivity index (χ3n) is 6.12. The van der Waals surface area contributed by atoms with Crippen LogP contribution in [0.15, 0.2) is 66.7 Å². The molecule has 1 saturated heterocycles. The van der Waals surface area contributed by atoms with E-state index in [9.17, 15) is 22.8 Å². The fraction of sp³-hybridized carbons (Fsp3) is 0.240. The van der Waals surface area contributed by atoms with Crippen LogP contribution in [0, 0.1) is 5.92 Å². The van der Waals surface area contributed by atoms with Gasteiger partial charge in [0.05, 0.1) is 0 Å². The van der Waals surface area contributed by atoms with Crippen molar-refractivity contribution < 1.29 is 22.8 Å². The van der Waals surface area contributed by atoms with Crippen LogP contribution in [0.2, 0.25) is 0 Å². The average molecular weight is 494 g/mol. The number of hydrogen-bond donors (Lipinski definition) is 1. The minimum atomic E-state index is -4.67. The predicted molar refractivity (Wildman–Crippen MR) is 126 cm³/mol. The Balaban J connectivity index is 1.23. The zero-order valence-corrected chi connectivity index (χ0v) is 18.9. The van der Waals surface area contributed by atoms with Gasteiger partial charge in [-0.2, -0.15) is 17.7 Å². The second kappa shape index (κ2) is 9.40. The largest absolute Gasteiger partial charge is 0.453 e. The molecule has 184 valence electrons. The first-order valence-corrected chi connectivity index (χ1v) is 11.3. The van der Waals surface area contributed by atoms with Crippen LogP contribution < -0.4 is 10.2 Å². The molecule has 5 rings (SSSR count). The van der Waals surface area contributed by atoms with Crippen LogP contribution >= 0.6 is 0 Å². The quantitative estimate of drug-likeness (QED) is 0.418. The van der Waals surface area contributed by atoms with E-state index in [-0.39, 0.29) is 23.3 Å². The van der Waals surface area contributed by atoms with Crippen molar-refractivity contribution >= 4 is 28.8 Å². The molecule has 0 aliphatic carbocycles. The van der Waals surface area contributed by atoms with E-state index in [4.69, 9.17) is 0 Å². The Hall–Kier alpha value is -4.28. The summed E-state index contributed by atoms with van der Waals surface area (Å²) in [4.78, 5) is 27.4. The summed E-state index contributed by atoms with van der Waals surface area (Å²) >= 11 is 0. The van der Waals surface area contributed by atoms with E-state index >= 15 is 0 Å². The molecule has 0 spiro atoms. The number of alkyl halides is 3. The van der Waals surface area contributed by atoms with Crippen molar-refractivity contribution in [2.24, 2.45) is 5.92 Å². The second-order valence-corrected chi connectivity index (χ2v) is 8.51. The van der Waals surface area contributed by atoms with Gasteiger partial charge in [0.25, 0.3) is 5.82 Å². The number of carbonyl (C=O) groups is 2. The van der Waals surface area contributed by atoms with Crippen molar-refractivity contribution in [1.29, 1.82) is 0 Å². The molecule has 8 nitrogen and oxygen atoms in total. The topological polar surface area (TPSA) is 92.5 Å². The van der Waals surface area contributed by atoms with Crippen LogP contribution in [0.3, 0.4) is 0 Å². The van der Waals surface area contributed by atoms with Crippen LogP contribution in [-0.2, 0) is 11.0 Å². The molecule has 1 N–H and O–H groups in total. The summed E-state index contributed by atoms with van der Waals surface area (Å²) in [6.45, 7) is 0.902. The Labute approximate surface area is 203 Å². The smallest absolute Gasteiger partial charge is 0.355 e. The number of ketones is 1. The van der Waals surface area contributed by atoms with Crippen LogP contribution in [0.5, 0.6) is 0 Å². The number of carbonyl (C=O) groups excluding carboxylic acids is 2. The van der Waals surface area contributed by atoms with Crippen LogP contribution in [-0.4, -0.2) is 44.6 Å². The zero-order chi connectivity index (χ0) is 25.3. The Kier molecular flexibility index (Phi) is 6.13. The fourth-order valence-electron chi connectivity index (χ4n) is 4.23. The Morgan fingerprint density at radius 2 is 1.61 bits per heavy atom. The molecule has 0 bridgehead atoms. The van der Waals surface area contributed by atoms with Crippen molar-refractivity contribution in [2.45, 2.75) is 19.0 Å². The maximum Gasteiger partial charge on any atom is 0.453 e. The first-order chi connectivity index (χ1) is 17.3. The predicted octanol–water partition coefficient (Wildman–Crippen LogP) is 4.23. The number of nitrogens with one attached hydrogen (secondary N) is 1. The van der Waals surface area contributed by atoms with Gasteiger partial charge < -0.3 is 10.2 Å². The lowest BCUT2D eigenvalue weighted by Crippen LogP contribution is -2.38. The van der Waals surface area contributed by atoms with Crippen LogP contribution in [0.25, 0.3) is 5.65 Å². The molecule has 2 aromatic heterocycles. The minimum Gasteiger partial charge on any atom is -0.355 e. The molecular formula is C25H21F3N6O2. The molecule has 4 aromatic rings. The Morgan fingerprint density at radius 3 is 2.33 bits per heavy atom. The van der Waals surface area contributed by atoms with Gasteiger partial charge in [0.1, 0.15) is 5.82 Å². The summed E-state index contributed by atoms with van der Waals surface area (Å²) < 4.78 is 40.2. The van der Waals surface area contributed by atoms with E-state index in [0.29, 0.717) is 53.1 Å². The molecule has 0 radical (unpaired) electrons. The summed E-state index contributed by atoms with van der Waals surface area (Å²) in [5, 5.41) is 13.7. The normalized spacial score (nSPS) is 14.7. The monoisotopic (exact) mass is 494 g/mol. The number of rotatable bonds is 5. The summed E-state index contributed by atoms with van der Waals surface area (Å²) in [5.74, 6) is -1.40. The average Bonchev–Trinajstić information content (AvgIpc) is 3.33. The maximum absolute atomic E-state index is 13.2. The van der Waals surface area contributed by atoms with E-state index in [1.54, 1.807) is 54.6 Å². The summed E-state index contributed by atoms with van der Waals surface area (Å²) in [6.07, 6.45) is -3.66. The number of anilines is 2. The van der Waals surface area contributed by atoms with Gasteiger partial charge in [-0.15, -0.1) is 15.3 Å². The van der Waals surface area contributed by atoms with Crippen LogP contribution in [0.4, 0.5) is 24.7 Å². The van der Waals surface area contributed by atoms with Crippen molar-refractivity contribution in [3.8, 4) is 0 Å². The highest BCUT2D eigenvalue weighted by molar-refractivity contribution is 6.09. The Bertz CT molecular complexity index is 1410. The van der Waals surface area contributed by atoms with Gasteiger partial charge in [0, 0.05) is 35.8 Å². The summed E-state index contributed by atoms with van der Waals surface area (Å²) in [5.41, 5.74) is 1.58. The van der Waals surface area contributed by atoms with E-state index < -0.39 is 12.0 Å². The number of aromatic nitrogens is 4. The molecular weight excluding hydrogens is 473 g/mol. The van der Waals surface area contributed by atoms with Gasteiger partial charge in [-0.05, 0) is 37.1 Å². The van der Waals surface area contributed by atoms with E-state index in [0.717, 1.165) is 0 Å². The van der Waals surface area contributed by atoms with E-state index in [1.807, 2.05) is 11.0 Å². The number of nitrogens with zero attached hydrogens (tertiary/aromatic N) is 5. The van der Waals surface area contributed by atoms with Gasteiger partial charge in [-0.1, -0.05) is 42.5 Å². The van der Waals surface area contributed by atoms with Crippen molar-refractivity contribution in [1.82, 2.24) is 19.8 Å². The summed E-state index contributed by atoms with van der Waals surface area (Å²) in [6, 6.07) is 18.7. The molecule has 36 heavy (non-hydrogen) atoms. The maximum atomic E-state index is 13.2. The van der Waals surface area contributed by atoms with Crippen LogP contribution in [0.1, 0.15) is 34.6 Å². The molecule has 0 saturated carbocycles. The number of fused-ring (bicyclic) bond motifs is 1.